The quantitative estimate of drug-likeness (QED) is 0.826. The molecule has 2 aromatic carbocycles. The highest BCUT2D eigenvalue weighted by atomic mass is 16.5. The molecule has 0 fully saturated rings. The lowest BCUT2D eigenvalue weighted by Crippen LogP contribution is -2.37. The van der Waals surface area contributed by atoms with Crippen LogP contribution in [-0.2, 0) is 5.41 Å². The van der Waals surface area contributed by atoms with Gasteiger partial charge in [0.2, 0.25) is 0 Å². The van der Waals surface area contributed by atoms with E-state index in [4.69, 9.17) is 4.74 Å². The number of hydrogen-bond acceptors (Lipinski definition) is 3. The monoisotopic (exact) mass is 274 g/mol. The highest BCUT2D eigenvalue weighted by Crippen LogP contribution is 2.53. The van der Waals surface area contributed by atoms with E-state index in [1.54, 1.807) is 0 Å². The van der Waals surface area contributed by atoms with Crippen LogP contribution in [0.15, 0.2) is 48.5 Å². The van der Waals surface area contributed by atoms with Gasteiger partial charge >= 0.3 is 0 Å². The molecule has 0 aromatic heterocycles. The molecule has 1 heterocycles. The van der Waals surface area contributed by atoms with Crippen LogP contribution in [0.5, 0.6) is 11.5 Å². The Kier molecular flexibility index (Phi) is 3.12. The van der Waals surface area contributed by atoms with Gasteiger partial charge in [0.05, 0.1) is 17.6 Å². The molecule has 21 heavy (non-hydrogen) atoms. The molecular formula is C18H14N2O. The molecule has 0 saturated heterocycles. The number of nitrogens with zero attached hydrogens (tertiary/aromatic N) is 2. The van der Waals surface area contributed by atoms with Crippen LogP contribution in [0, 0.1) is 28.6 Å². The van der Waals surface area contributed by atoms with Crippen LogP contribution < -0.4 is 4.74 Å². The van der Waals surface area contributed by atoms with Crippen molar-refractivity contribution in [2.24, 2.45) is 5.92 Å². The van der Waals surface area contributed by atoms with Gasteiger partial charge in [-0.15, -0.1) is 0 Å². The third kappa shape index (κ3) is 1.72. The Bertz CT molecular complexity index is 708. The molecule has 0 atom stereocenters. The molecule has 0 radical (unpaired) electrons. The fraction of sp³-hybridized carbons (Fsp3) is 0.222. The summed E-state index contributed by atoms with van der Waals surface area (Å²) in [5, 5.41) is 19.0. The second kappa shape index (κ2) is 4.96. The number of hydrogen-bond donors (Lipinski definition) is 0. The molecule has 3 heteroatoms. The van der Waals surface area contributed by atoms with Gasteiger partial charge in [-0.1, -0.05) is 43.3 Å². The van der Waals surface area contributed by atoms with Gasteiger partial charge in [0.1, 0.15) is 17.4 Å². The summed E-state index contributed by atoms with van der Waals surface area (Å²) in [5.41, 5.74) is 1.19. The first-order chi connectivity index (χ1) is 10.3. The lowest BCUT2D eigenvalue weighted by molar-refractivity contribution is 0.355. The van der Waals surface area contributed by atoms with Crippen molar-refractivity contribution in [2.75, 3.05) is 0 Å². The minimum Gasteiger partial charge on any atom is -0.457 e. The lowest BCUT2D eigenvalue weighted by Gasteiger charge is -2.40. The molecule has 0 N–H and O–H groups in total. The fourth-order valence-corrected chi connectivity index (χ4v) is 3.26. The minimum atomic E-state index is -0.756. The summed E-state index contributed by atoms with van der Waals surface area (Å²) in [7, 11) is 0. The topological polar surface area (TPSA) is 56.8 Å². The zero-order valence-electron chi connectivity index (χ0n) is 11.7. The lowest BCUT2D eigenvalue weighted by atomic mass is 9.63. The summed E-state index contributed by atoms with van der Waals surface area (Å²) in [5.74, 6) is 0.704. The average Bonchev–Trinajstić information content (AvgIpc) is 2.55. The second-order valence-corrected chi connectivity index (χ2v) is 5.11. The maximum Gasteiger partial charge on any atom is 0.147 e. The Labute approximate surface area is 124 Å². The standard InChI is InChI=1S/C18H14N2O/c1-2-18(13(11-19)12-20)14-7-3-5-9-16(14)21-17-10-6-4-8-15(17)18/h3-10,13H,2H2,1H3. The summed E-state index contributed by atoms with van der Waals surface area (Å²) in [6, 6.07) is 19.7. The summed E-state index contributed by atoms with van der Waals surface area (Å²) in [6.45, 7) is 2.01. The van der Waals surface area contributed by atoms with Gasteiger partial charge in [0.25, 0.3) is 0 Å². The first-order valence-corrected chi connectivity index (χ1v) is 6.94. The van der Waals surface area contributed by atoms with Crippen LogP contribution in [0.2, 0.25) is 0 Å². The van der Waals surface area contributed by atoms with E-state index in [-0.39, 0.29) is 0 Å². The maximum absolute atomic E-state index is 9.51. The Morgan fingerprint density at radius 1 is 0.952 bits per heavy atom. The highest BCUT2D eigenvalue weighted by molar-refractivity contribution is 5.59. The minimum absolute atomic E-state index is 0.644. The summed E-state index contributed by atoms with van der Waals surface area (Å²) in [6.07, 6.45) is 0.663. The van der Waals surface area contributed by atoms with Crippen molar-refractivity contribution in [3.8, 4) is 23.6 Å². The molecule has 0 spiro atoms. The number of benzene rings is 2. The van der Waals surface area contributed by atoms with E-state index in [0.717, 1.165) is 22.6 Å². The molecule has 0 saturated carbocycles. The van der Waals surface area contributed by atoms with E-state index in [1.807, 2.05) is 55.5 Å². The highest BCUT2D eigenvalue weighted by Gasteiger charge is 2.47. The molecule has 3 rings (SSSR count). The van der Waals surface area contributed by atoms with Gasteiger partial charge in [-0.2, -0.15) is 10.5 Å². The predicted octanol–water partition coefficient (Wildman–Crippen LogP) is 4.15. The van der Waals surface area contributed by atoms with E-state index in [9.17, 15) is 10.5 Å². The molecule has 1 aliphatic rings. The summed E-state index contributed by atoms with van der Waals surface area (Å²) in [4.78, 5) is 0. The number of ether oxygens (including phenoxy) is 1. The third-order valence-electron chi connectivity index (χ3n) is 4.26. The molecular weight excluding hydrogens is 260 g/mol. The molecule has 2 aromatic rings. The molecule has 1 aliphatic heterocycles. The Morgan fingerprint density at radius 3 is 1.86 bits per heavy atom. The predicted molar refractivity (Wildman–Crippen MR) is 78.7 cm³/mol. The van der Waals surface area contributed by atoms with Crippen molar-refractivity contribution in [3.05, 3.63) is 59.7 Å². The van der Waals surface area contributed by atoms with Gasteiger partial charge in [-0.3, -0.25) is 0 Å². The number of fused-ring (bicyclic) bond motifs is 2. The third-order valence-corrected chi connectivity index (χ3v) is 4.26. The normalized spacial score (nSPS) is 14.3. The van der Waals surface area contributed by atoms with Crippen LogP contribution in [-0.4, -0.2) is 0 Å². The largest absolute Gasteiger partial charge is 0.457 e. The van der Waals surface area contributed by atoms with Crippen molar-refractivity contribution in [3.63, 3.8) is 0 Å². The average molecular weight is 274 g/mol. The number of nitriles is 2. The first-order valence-electron chi connectivity index (χ1n) is 6.94. The Balaban J connectivity index is 2.38. The van der Waals surface area contributed by atoms with Gasteiger partial charge in [0.15, 0.2) is 0 Å². The number of rotatable bonds is 2. The van der Waals surface area contributed by atoms with Gasteiger partial charge in [-0.25, -0.2) is 0 Å². The van der Waals surface area contributed by atoms with Crippen molar-refractivity contribution >= 4 is 0 Å². The van der Waals surface area contributed by atoms with Gasteiger partial charge in [0, 0.05) is 11.1 Å². The van der Waals surface area contributed by atoms with Crippen molar-refractivity contribution < 1.29 is 4.74 Å². The molecule has 0 aliphatic carbocycles. The SMILES string of the molecule is CCC1(C(C#N)C#N)c2ccccc2Oc2ccccc21. The summed E-state index contributed by atoms with van der Waals surface area (Å²) >= 11 is 0. The zero-order valence-corrected chi connectivity index (χ0v) is 11.7. The van der Waals surface area contributed by atoms with Crippen LogP contribution in [0.3, 0.4) is 0 Å². The van der Waals surface area contributed by atoms with Crippen molar-refractivity contribution in [1.29, 1.82) is 10.5 Å². The molecule has 3 nitrogen and oxygen atoms in total. The Hall–Kier alpha value is -2.78. The van der Waals surface area contributed by atoms with E-state index < -0.39 is 11.3 Å². The van der Waals surface area contributed by atoms with Crippen molar-refractivity contribution in [1.82, 2.24) is 0 Å². The van der Waals surface area contributed by atoms with Crippen molar-refractivity contribution in [2.45, 2.75) is 18.8 Å². The van der Waals surface area contributed by atoms with Crippen LogP contribution in [0.25, 0.3) is 0 Å². The van der Waals surface area contributed by atoms with Crippen LogP contribution >= 0.6 is 0 Å². The van der Waals surface area contributed by atoms with Crippen LogP contribution in [0.4, 0.5) is 0 Å². The first kappa shape index (κ1) is 13.2. The molecule has 102 valence electrons. The van der Waals surface area contributed by atoms with Gasteiger partial charge in [-0.05, 0) is 18.6 Å². The van der Waals surface area contributed by atoms with Gasteiger partial charge < -0.3 is 4.74 Å². The zero-order chi connectivity index (χ0) is 14.9. The Morgan fingerprint density at radius 2 is 1.43 bits per heavy atom. The smallest absolute Gasteiger partial charge is 0.147 e. The second-order valence-electron chi connectivity index (χ2n) is 5.11. The molecule has 0 unspecified atom stereocenters. The fourth-order valence-electron chi connectivity index (χ4n) is 3.26. The van der Waals surface area contributed by atoms with E-state index in [1.165, 1.54) is 0 Å². The number of para-hydroxylation sites is 2. The van der Waals surface area contributed by atoms with E-state index in [2.05, 4.69) is 12.1 Å². The van der Waals surface area contributed by atoms with E-state index in [0.29, 0.717) is 6.42 Å². The maximum atomic E-state index is 9.51. The molecule has 0 bridgehead atoms. The van der Waals surface area contributed by atoms with Crippen LogP contribution in [0.1, 0.15) is 24.5 Å². The summed E-state index contributed by atoms with van der Waals surface area (Å²) < 4.78 is 5.95. The van der Waals surface area contributed by atoms with E-state index >= 15 is 0 Å². The molecule has 0 amide bonds.